The lowest BCUT2D eigenvalue weighted by Gasteiger charge is -2.28. The second-order valence-corrected chi connectivity index (χ2v) is 8.39. The predicted octanol–water partition coefficient (Wildman–Crippen LogP) is 1.12. The Kier molecular flexibility index (Phi) is 6.08. The zero-order chi connectivity index (χ0) is 17.7. The summed E-state index contributed by atoms with van der Waals surface area (Å²) in [4.78, 5) is 11.2. The molecule has 2 fully saturated rings. The smallest absolute Gasteiger partial charge is 0.279 e. The van der Waals surface area contributed by atoms with Crippen LogP contribution in [0.1, 0.15) is 37.9 Å². The minimum absolute atomic E-state index is 0.334. The minimum Gasteiger partial charge on any atom is -0.369 e. The van der Waals surface area contributed by atoms with Gasteiger partial charge in [0, 0.05) is 45.3 Å². The van der Waals surface area contributed by atoms with E-state index in [4.69, 9.17) is 0 Å². The fraction of sp³-hybridized carbons (Fsp3) is 0.750. The fourth-order valence-corrected chi connectivity index (χ4v) is 4.60. The lowest BCUT2D eigenvalue weighted by Crippen LogP contribution is -2.40. The number of hydrogen-bond donors (Lipinski definition) is 2. The first-order chi connectivity index (χ1) is 12.0. The highest BCUT2D eigenvalue weighted by Gasteiger charge is 2.24. The number of aryl methyl sites for hydroxylation is 1. The highest BCUT2D eigenvalue weighted by Crippen LogP contribution is 2.20. The lowest BCUT2D eigenvalue weighted by molar-refractivity contribution is 0.466. The van der Waals surface area contributed by atoms with E-state index in [0.29, 0.717) is 26.2 Å². The Balaban J connectivity index is 1.51. The molecular weight excluding hydrogens is 340 g/mol. The molecule has 0 unspecified atom stereocenters. The summed E-state index contributed by atoms with van der Waals surface area (Å²) in [7, 11) is -3.35. The van der Waals surface area contributed by atoms with Crippen molar-refractivity contribution in [1.29, 1.82) is 0 Å². The van der Waals surface area contributed by atoms with Crippen molar-refractivity contribution in [2.45, 2.75) is 39.0 Å². The lowest BCUT2D eigenvalue weighted by atomic mass is 10.1. The van der Waals surface area contributed by atoms with Crippen molar-refractivity contribution in [2.24, 2.45) is 0 Å². The van der Waals surface area contributed by atoms with E-state index in [1.54, 1.807) is 0 Å². The van der Waals surface area contributed by atoms with Crippen LogP contribution >= 0.6 is 0 Å². The predicted molar refractivity (Wildman–Crippen MR) is 99.1 cm³/mol. The van der Waals surface area contributed by atoms with E-state index in [1.165, 1.54) is 23.6 Å². The monoisotopic (exact) mass is 368 g/mol. The molecule has 0 bridgehead atoms. The van der Waals surface area contributed by atoms with Gasteiger partial charge in [0.05, 0.1) is 0 Å². The van der Waals surface area contributed by atoms with Gasteiger partial charge in [-0.15, -0.1) is 0 Å². The quantitative estimate of drug-likeness (QED) is 0.701. The third kappa shape index (κ3) is 5.02. The molecule has 0 saturated carbocycles. The molecule has 0 atom stereocenters. The van der Waals surface area contributed by atoms with Crippen molar-refractivity contribution in [3.05, 3.63) is 11.9 Å². The Labute approximate surface area is 150 Å². The van der Waals surface area contributed by atoms with Crippen LogP contribution in [0.15, 0.2) is 6.07 Å². The van der Waals surface area contributed by atoms with Crippen molar-refractivity contribution >= 4 is 21.8 Å². The molecule has 1 aromatic heterocycles. The van der Waals surface area contributed by atoms with Crippen LogP contribution in [0, 0.1) is 6.92 Å². The third-order valence-corrected chi connectivity index (χ3v) is 6.24. The molecule has 8 nitrogen and oxygen atoms in total. The minimum atomic E-state index is -3.35. The molecule has 0 amide bonds. The van der Waals surface area contributed by atoms with Gasteiger partial charge in [-0.2, -0.15) is 12.7 Å². The molecule has 0 aromatic carbocycles. The van der Waals surface area contributed by atoms with Gasteiger partial charge in [0.2, 0.25) is 0 Å². The molecule has 1 aromatic rings. The highest BCUT2D eigenvalue weighted by atomic mass is 32.2. The van der Waals surface area contributed by atoms with Gasteiger partial charge >= 0.3 is 0 Å². The van der Waals surface area contributed by atoms with Gasteiger partial charge < -0.3 is 10.2 Å². The maximum atomic E-state index is 12.1. The van der Waals surface area contributed by atoms with E-state index in [9.17, 15) is 8.42 Å². The Morgan fingerprint density at radius 1 is 1.00 bits per heavy atom. The molecular formula is C16H28N6O2S. The van der Waals surface area contributed by atoms with E-state index < -0.39 is 10.2 Å². The first-order valence-corrected chi connectivity index (χ1v) is 10.6. The molecule has 2 aliphatic rings. The number of hydrogen-bond acceptors (Lipinski definition) is 6. The Bertz CT molecular complexity index is 669. The van der Waals surface area contributed by atoms with E-state index in [0.717, 1.165) is 43.4 Å². The summed E-state index contributed by atoms with van der Waals surface area (Å²) in [6.45, 7) is 6.01. The molecule has 140 valence electrons. The van der Waals surface area contributed by atoms with Crippen LogP contribution in [0.5, 0.6) is 0 Å². The van der Waals surface area contributed by atoms with Crippen LogP contribution in [0.3, 0.4) is 0 Å². The Morgan fingerprint density at radius 2 is 1.68 bits per heavy atom. The summed E-state index contributed by atoms with van der Waals surface area (Å²) in [5.74, 6) is 2.42. The van der Waals surface area contributed by atoms with Gasteiger partial charge in [0.1, 0.15) is 17.5 Å². The first-order valence-electron chi connectivity index (χ1n) is 9.14. The molecule has 3 rings (SSSR count). The second-order valence-electron chi connectivity index (χ2n) is 6.64. The van der Waals surface area contributed by atoms with Crippen LogP contribution in [-0.4, -0.2) is 62.0 Å². The highest BCUT2D eigenvalue weighted by molar-refractivity contribution is 7.87. The molecule has 2 aliphatic heterocycles. The molecule has 2 saturated heterocycles. The number of rotatable bonds is 7. The van der Waals surface area contributed by atoms with Crippen LogP contribution < -0.4 is 14.9 Å². The normalized spacial score (nSPS) is 19.3. The van der Waals surface area contributed by atoms with E-state index in [2.05, 4.69) is 24.9 Å². The van der Waals surface area contributed by atoms with Crippen LogP contribution in [0.25, 0.3) is 0 Å². The summed E-state index contributed by atoms with van der Waals surface area (Å²) < 4.78 is 28.4. The molecule has 25 heavy (non-hydrogen) atoms. The number of piperidine rings is 1. The van der Waals surface area contributed by atoms with Gasteiger partial charge in [-0.1, -0.05) is 0 Å². The van der Waals surface area contributed by atoms with Gasteiger partial charge in [-0.05, 0) is 39.0 Å². The summed E-state index contributed by atoms with van der Waals surface area (Å²) >= 11 is 0. The van der Waals surface area contributed by atoms with Gasteiger partial charge in [0.25, 0.3) is 10.2 Å². The maximum Gasteiger partial charge on any atom is 0.279 e. The summed E-state index contributed by atoms with van der Waals surface area (Å²) in [5.41, 5.74) is 0. The average molecular weight is 369 g/mol. The third-order valence-electron chi connectivity index (χ3n) is 4.63. The van der Waals surface area contributed by atoms with Crippen LogP contribution in [0.2, 0.25) is 0 Å². The maximum absolute atomic E-state index is 12.1. The summed E-state index contributed by atoms with van der Waals surface area (Å²) in [5, 5.41) is 3.20. The van der Waals surface area contributed by atoms with Crippen LogP contribution in [0.4, 0.5) is 11.6 Å². The van der Waals surface area contributed by atoms with Crippen LogP contribution in [-0.2, 0) is 10.2 Å². The molecule has 9 heteroatoms. The SMILES string of the molecule is Cc1nc(NCCNS(=O)(=O)N2CCCC2)cc(N2CCCCC2)n1. The fourth-order valence-electron chi connectivity index (χ4n) is 3.32. The molecule has 2 N–H and O–H groups in total. The molecule has 0 spiro atoms. The number of anilines is 2. The van der Waals surface area contributed by atoms with Gasteiger partial charge in [-0.25, -0.2) is 14.7 Å². The molecule has 0 aliphatic carbocycles. The largest absolute Gasteiger partial charge is 0.369 e. The van der Waals surface area contributed by atoms with Crippen molar-refractivity contribution < 1.29 is 8.42 Å². The van der Waals surface area contributed by atoms with Crippen molar-refractivity contribution in [3.8, 4) is 0 Å². The standard InChI is InChI=1S/C16H28N6O2S/c1-14-19-15(13-16(20-14)21-9-3-2-4-10-21)17-7-8-18-25(23,24)22-11-5-6-12-22/h13,18H,2-12H2,1H3,(H,17,19,20). The second kappa shape index (κ2) is 8.29. The first kappa shape index (κ1) is 18.3. The van der Waals surface area contributed by atoms with E-state index in [1.807, 2.05) is 13.0 Å². The van der Waals surface area contributed by atoms with E-state index >= 15 is 0 Å². The zero-order valence-electron chi connectivity index (χ0n) is 14.9. The number of aromatic nitrogens is 2. The van der Waals surface area contributed by atoms with Gasteiger partial charge in [-0.3, -0.25) is 0 Å². The van der Waals surface area contributed by atoms with Gasteiger partial charge in [0.15, 0.2) is 0 Å². The average Bonchev–Trinajstić information content (AvgIpc) is 3.15. The Morgan fingerprint density at radius 3 is 2.40 bits per heavy atom. The molecule has 3 heterocycles. The summed E-state index contributed by atoms with van der Waals surface area (Å²) in [6.07, 6.45) is 5.56. The van der Waals surface area contributed by atoms with E-state index in [-0.39, 0.29) is 0 Å². The number of nitrogens with one attached hydrogen (secondary N) is 2. The number of nitrogens with zero attached hydrogens (tertiary/aromatic N) is 4. The topological polar surface area (TPSA) is 90.5 Å². The summed E-state index contributed by atoms with van der Waals surface area (Å²) in [6, 6.07) is 1.95. The van der Waals surface area contributed by atoms with Crippen molar-refractivity contribution in [2.75, 3.05) is 49.5 Å². The van der Waals surface area contributed by atoms with Crippen molar-refractivity contribution in [1.82, 2.24) is 19.0 Å². The van der Waals surface area contributed by atoms with Crippen molar-refractivity contribution in [3.63, 3.8) is 0 Å². The Hall–Kier alpha value is -1.45. The molecule has 0 radical (unpaired) electrons. The zero-order valence-corrected chi connectivity index (χ0v) is 15.7.